The molecule has 0 radical (unpaired) electrons. The van der Waals surface area contributed by atoms with Crippen molar-refractivity contribution >= 4 is 11.8 Å². The first kappa shape index (κ1) is 9.09. The van der Waals surface area contributed by atoms with Crippen LogP contribution in [0.1, 0.15) is 24.5 Å². The Bertz CT molecular complexity index is 266. The zero-order chi connectivity index (χ0) is 9.10. The van der Waals surface area contributed by atoms with Gasteiger partial charge in [0.2, 0.25) is 0 Å². The Labute approximate surface area is 82.7 Å². The minimum absolute atomic E-state index is 0.430. The summed E-state index contributed by atoms with van der Waals surface area (Å²) in [7, 11) is 0. The van der Waals surface area contributed by atoms with Gasteiger partial charge in [0, 0.05) is 29.9 Å². The molecule has 0 bridgehead atoms. The highest BCUT2D eigenvalue weighted by molar-refractivity contribution is 7.99. The van der Waals surface area contributed by atoms with Gasteiger partial charge in [0.05, 0.1) is 6.04 Å². The maximum Gasteiger partial charge on any atom is 0.124 e. The van der Waals surface area contributed by atoms with E-state index < -0.39 is 0 Å². The van der Waals surface area contributed by atoms with E-state index in [4.69, 9.17) is 0 Å². The van der Waals surface area contributed by atoms with Crippen LogP contribution in [0.4, 0.5) is 0 Å². The number of thioether (sulfide) groups is 1. The highest BCUT2D eigenvalue weighted by Gasteiger charge is 2.17. The van der Waals surface area contributed by atoms with Crippen molar-refractivity contribution in [3.05, 3.63) is 17.7 Å². The van der Waals surface area contributed by atoms with Gasteiger partial charge in [0.25, 0.3) is 0 Å². The Balaban J connectivity index is 2.05. The van der Waals surface area contributed by atoms with E-state index in [1.165, 1.54) is 11.4 Å². The normalized spacial score (nSPS) is 23.3. The van der Waals surface area contributed by atoms with Crippen LogP contribution in [-0.2, 0) is 6.42 Å². The number of nitrogens with zero attached hydrogens (tertiary/aromatic N) is 1. The lowest BCUT2D eigenvalue weighted by Crippen LogP contribution is -2.30. The highest BCUT2D eigenvalue weighted by Crippen LogP contribution is 2.19. The van der Waals surface area contributed by atoms with Gasteiger partial charge in [-0.3, -0.25) is 0 Å². The molecule has 0 aliphatic carbocycles. The van der Waals surface area contributed by atoms with E-state index in [9.17, 15) is 0 Å². The molecule has 1 aliphatic heterocycles. The van der Waals surface area contributed by atoms with Crippen molar-refractivity contribution in [1.82, 2.24) is 15.3 Å². The van der Waals surface area contributed by atoms with Gasteiger partial charge in [0.15, 0.2) is 0 Å². The van der Waals surface area contributed by atoms with E-state index in [1.807, 2.05) is 18.0 Å². The van der Waals surface area contributed by atoms with Crippen LogP contribution >= 0.6 is 11.8 Å². The Hall–Kier alpha value is -0.480. The van der Waals surface area contributed by atoms with Gasteiger partial charge in [-0.15, -0.1) is 0 Å². The standard InChI is InChI=1S/C9H15N3S/c1-2-7-5-11-9(12-7)8-6-13-4-3-10-8/h5,8,10H,2-4,6H2,1H3,(H,11,12). The van der Waals surface area contributed by atoms with Crippen molar-refractivity contribution < 1.29 is 0 Å². The van der Waals surface area contributed by atoms with Crippen molar-refractivity contribution in [3.63, 3.8) is 0 Å². The van der Waals surface area contributed by atoms with E-state index in [1.54, 1.807) is 0 Å². The fourth-order valence-corrected chi connectivity index (χ4v) is 2.41. The van der Waals surface area contributed by atoms with Crippen LogP contribution in [0.15, 0.2) is 6.20 Å². The summed E-state index contributed by atoms with van der Waals surface area (Å²) in [6, 6.07) is 0.430. The van der Waals surface area contributed by atoms with Crippen molar-refractivity contribution in [2.75, 3.05) is 18.1 Å². The number of aromatic nitrogens is 2. The van der Waals surface area contributed by atoms with Crippen molar-refractivity contribution in [1.29, 1.82) is 0 Å². The summed E-state index contributed by atoms with van der Waals surface area (Å²) in [4.78, 5) is 7.72. The molecule has 3 nitrogen and oxygen atoms in total. The summed E-state index contributed by atoms with van der Waals surface area (Å²) < 4.78 is 0. The maximum absolute atomic E-state index is 4.38. The molecule has 1 saturated heterocycles. The van der Waals surface area contributed by atoms with Crippen molar-refractivity contribution in [3.8, 4) is 0 Å². The van der Waals surface area contributed by atoms with Crippen LogP contribution in [0.25, 0.3) is 0 Å². The van der Waals surface area contributed by atoms with E-state index >= 15 is 0 Å². The number of hydrogen-bond donors (Lipinski definition) is 2. The first-order chi connectivity index (χ1) is 6.40. The molecule has 0 saturated carbocycles. The van der Waals surface area contributed by atoms with Crippen molar-refractivity contribution in [2.45, 2.75) is 19.4 Å². The van der Waals surface area contributed by atoms with Gasteiger partial charge < -0.3 is 10.3 Å². The summed E-state index contributed by atoms with van der Waals surface area (Å²) in [6.45, 7) is 3.23. The third-order valence-corrected chi connectivity index (χ3v) is 3.34. The van der Waals surface area contributed by atoms with Gasteiger partial charge in [0.1, 0.15) is 5.82 Å². The Morgan fingerprint density at radius 3 is 3.23 bits per heavy atom. The minimum Gasteiger partial charge on any atom is -0.345 e. The van der Waals surface area contributed by atoms with E-state index in [2.05, 4.69) is 22.2 Å². The summed E-state index contributed by atoms with van der Waals surface area (Å²) in [5.74, 6) is 3.46. The topological polar surface area (TPSA) is 40.7 Å². The third kappa shape index (κ3) is 2.06. The van der Waals surface area contributed by atoms with E-state index in [-0.39, 0.29) is 0 Å². The molecule has 0 amide bonds. The van der Waals surface area contributed by atoms with Crippen LogP contribution < -0.4 is 5.32 Å². The second-order valence-electron chi connectivity index (χ2n) is 3.23. The molecule has 1 atom stereocenters. The molecular formula is C9H15N3S. The predicted molar refractivity (Wildman–Crippen MR) is 56.0 cm³/mol. The highest BCUT2D eigenvalue weighted by atomic mass is 32.2. The fourth-order valence-electron chi connectivity index (χ4n) is 1.47. The largest absolute Gasteiger partial charge is 0.345 e. The van der Waals surface area contributed by atoms with Gasteiger partial charge in [-0.25, -0.2) is 4.98 Å². The molecule has 2 rings (SSSR count). The molecule has 2 heterocycles. The molecule has 0 spiro atoms. The Morgan fingerprint density at radius 2 is 2.62 bits per heavy atom. The SMILES string of the molecule is CCc1cnc(C2CSCCN2)[nH]1. The molecule has 0 aromatic carbocycles. The predicted octanol–water partition coefficient (Wildman–Crippen LogP) is 1.35. The monoisotopic (exact) mass is 197 g/mol. The number of aromatic amines is 1. The first-order valence-electron chi connectivity index (χ1n) is 4.75. The van der Waals surface area contributed by atoms with Crippen LogP contribution in [-0.4, -0.2) is 28.0 Å². The number of H-pyrrole nitrogens is 1. The Morgan fingerprint density at radius 1 is 1.69 bits per heavy atom. The smallest absolute Gasteiger partial charge is 0.124 e. The van der Waals surface area contributed by atoms with Gasteiger partial charge in [-0.05, 0) is 6.42 Å². The first-order valence-corrected chi connectivity index (χ1v) is 5.90. The third-order valence-electron chi connectivity index (χ3n) is 2.28. The second-order valence-corrected chi connectivity index (χ2v) is 4.38. The van der Waals surface area contributed by atoms with E-state index in [0.29, 0.717) is 6.04 Å². The number of imidazole rings is 1. The number of rotatable bonds is 2. The molecule has 1 aliphatic rings. The number of aryl methyl sites for hydroxylation is 1. The average molecular weight is 197 g/mol. The fraction of sp³-hybridized carbons (Fsp3) is 0.667. The van der Waals surface area contributed by atoms with Crippen LogP contribution in [0.3, 0.4) is 0 Å². The summed E-state index contributed by atoms with van der Waals surface area (Å²) in [5.41, 5.74) is 1.23. The summed E-state index contributed by atoms with van der Waals surface area (Å²) in [6.07, 6.45) is 2.98. The molecular weight excluding hydrogens is 182 g/mol. The van der Waals surface area contributed by atoms with E-state index in [0.717, 1.165) is 24.5 Å². The van der Waals surface area contributed by atoms with Crippen LogP contribution in [0.5, 0.6) is 0 Å². The number of nitrogens with one attached hydrogen (secondary N) is 2. The lowest BCUT2D eigenvalue weighted by molar-refractivity contribution is 0.568. The zero-order valence-corrected chi connectivity index (χ0v) is 8.66. The molecule has 1 fully saturated rings. The average Bonchev–Trinajstić information content (AvgIpc) is 2.67. The second kappa shape index (κ2) is 4.15. The molecule has 13 heavy (non-hydrogen) atoms. The molecule has 1 aromatic rings. The molecule has 1 aromatic heterocycles. The number of hydrogen-bond acceptors (Lipinski definition) is 3. The molecule has 1 unspecified atom stereocenters. The van der Waals surface area contributed by atoms with Gasteiger partial charge in [-0.1, -0.05) is 6.92 Å². The van der Waals surface area contributed by atoms with Crippen molar-refractivity contribution in [2.24, 2.45) is 0 Å². The molecule has 72 valence electrons. The lowest BCUT2D eigenvalue weighted by Gasteiger charge is -2.20. The van der Waals surface area contributed by atoms with Crippen LogP contribution in [0.2, 0.25) is 0 Å². The molecule has 2 N–H and O–H groups in total. The van der Waals surface area contributed by atoms with Gasteiger partial charge >= 0.3 is 0 Å². The lowest BCUT2D eigenvalue weighted by atomic mass is 10.3. The van der Waals surface area contributed by atoms with Crippen LogP contribution in [0, 0.1) is 0 Å². The summed E-state index contributed by atoms with van der Waals surface area (Å²) in [5, 5.41) is 3.46. The zero-order valence-electron chi connectivity index (χ0n) is 7.84. The quantitative estimate of drug-likeness (QED) is 0.752. The Kier molecular flexibility index (Phi) is 2.90. The van der Waals surface area contributed by atoms with Gasteiger partial charge in [-0.2, -0.15) is 11.8 Å². The minimum atomic E-state index is 0.430. The maximum atomic E-state index is 4.38. The summed E-state index contributed by atoms with van der Waals surface area (Å²) >= 11 is 1.99. The molecule has 4 heteroatoms.